The Morgan fingerprint density at radius 3 is 1.90 bits per heavy atom. The Labute approximate surface area is 130 Å². The first-order chi connectivity index (χ1) is 10.2. The number of rotatable bonds is 4. The molecular weight excluding hydrogens is 262 g/mol. The largest absolute Gasteiger partial charge is 0.306 e. The van der Waals surface area contributed by atoms with Crippen LogP contribution in [0.1, 0.15) is 12.8 Å². The van der Waals surface area contributed by atoms with Crippen LogP contribution in [0.3, 0.4) is 0 Å². The maximum atomic E-state index is 2.76. The first kappa shape index (κ1) is 15.7. The summed E-state index contributed by atoms with van der Waals surface area (Å²) >= 11 is 0. The monoisotopic (exact) mass is 295 g/mol. The third-order valence-corrected chi connectivity index (χ3v) is 5.58. The van der Waals surface area contributed by atoms with Crippen LogP contribution in [-0.4, -0.2) is 117 Å². The summed E-state index contributed by atoms with van der Waals surface area (Å²) in [7, 11) is 4.48. The number of nitrogens with zero attached hydrogens (tertiary/aromatic N) is 5. The van der Waals surface area contributed by atoms with Crippen molar-refractivity contribution in [2.45, 2.75) is 18.9 Å². The van der Waals surface area contributed by atoms with Crippen LogP contribution in [0, 0.1) is 0 Å². The van der Waals surface area contributed by atoms with Crippen molar-refractivity contribution in [1.29, 1.82) is 0 Å². The molecule has 3 saturated heterocycles. The van der Waals surface area contributed by atoms with Gasteiger partial charge in [-0.1, -0.05) is 0 Å². The molecule has 3 heterocycles. The van der Waals surface area contributed by atoms with Gasteiger partial charge in [-0.15, -0.1) is 0 Å². The number of hydrogen-bond acceptors (Lipinski definition) is 5. The average molecular weight is 295 g/mol. The van der Waals surface area contributed by atoms with Gasteiger partial charge in [0.15, 0.2) is 0 Å². The molecule has 3 aliphatic rings. The summed E-state index contributed by atoms with van der Waals surface area (Å²) in [4.78, 5) is 12.9. The molecule has 5 heteroatoms. The molecule has 3 rings (SSSR count). The molecule has 0 spiro atoms. The lowest BCUT2D eigenvalue weighted by Gasteiger charge is -2.42. The molecular formula is C16H33N5. The van der Waals surface area contributed by atoms with Gasteiger partial charge in [0.05, 0.1) is 6.67 Å². The van der Waals surface area contributed by atoms with Gasteiger partial charge in [-0.25, -0.2) is 0 Å². The molecule has 0 amide bonds. The third kappa shape index (κ3) is 4.39. The first-order valence-corrected chi connectivity index (χ1v) is 8.76. The maximum absolute atomic E-state index is 2.76. The van der Waals surface area contributed by atoms with Crippen molar-refractivity contribution < 1.29 is 0 Å². The Morgan fingerprint density at radius 1 is 0.667 bits per heavy atom. The van der Waals surface area contributed by atoms with Gasteiger partial charge in [0.1, 0.15) is 0 Å². The van der Waals surface area contributed by atoms with Gasteiger partial charge in [-0.2, -0.15) is 0 Å². The SMILES string of the molecule is CN1CCC(N2CCN(CCN3CCN(C)C3)CC2)CC1. The normalized spacial score (nSPS) is 29.4. The van der Waals surface area contributed by atoms with Gasteiger partial charge in [0.2, 0.25) is 0 Å². The summed E-state index contributed by atoms with van der Waals surface area (Å²) in [5.41, 5.74) is 0. The van der Waals surface area contributed by atoms with E-state index in [0.717, 1.165) is 12.7 Å². The van der Waals surface area contributed by atoms with Crippen LogP contribution in [0.4, 0.5) is 0 Å². The van der Waals surface area contributed by atoms with Crippen LogP contribution in [0.2, 0.25) is 0 Å². The number of piperidine rings is 1. The lowest BCUT2D eigenvalue weighted by atomic mass is 10.0. The summed E-state index contributed by atoms with van der Waals surface area (Å²) < 4.78 is 0. The van der Waals surface area contributed by atoms with Crippen molar-refractivity contribution in [1.82, 2.24) is 24.5 Å². The second kappa shape index (κ2) is 7.38. The van der Waals surface area contributed by atoms with Crippen LogP contribution in [0.5, 0.6) is 0 Å². The highest BCUT2D eigenvalue weighted by atomic mass is 15.4. The van der Waals surface area contributed by atoms with Gasteiger partial charge >= 0.3 is 0 Å². The van der Waals surface area contributed by atoms with Crippen LogP contribution < -0.4 is 0 Å². The fraction of sp³-hybridized carbons (Fsp3) is 1.00. The van der Waals surface area contributed by atoms with E-state index >= 15 is 0 Å². The van der Waals surface area contributed by atoms with Crippen molar-refractivity contribution >= 4 is 0 Å². The lowest BCUT2D eigenvalue weighted by molar-refractivity contribution is 0.0608. The minimum atomic E-state index is 0.857. The highest BCUT2D eigenvalue weighted by molar-refractivity contribution is 4.83. The smallest absolute Gasteiger partial charge is 0.0504 e. The number of likely N-dealkylation sites (tertiary alicyclic amines) is 1. The van der Waals surface area contributed by atoms with E-state index in [1.807, 2.05) is 0 Å². The van der Waals surface area contributed by atoms with Crippen molar-refractivity contribution in [3.05, 3.63) is 0 Å². The van der Waals surface area contributed by atoms with Gasteiger partial charge < -0.3 is 4.90 Å². The molecule has 0 saturated carbocycles. The molecule has 0 radical (unpaired) electrons. The molecule has 0 aromatic rings. The van der Waals surface area contributed by atoms with E-state index in [9.17, 15) is 0 Å². The molecule has 0 atom stereocenters. The molecule has 0 aliphatic carbocycles. The zero-order valence-electron chi connectivity index (χ0n) is 14.0. The summed E-state index contributed by atoms with van der Waals surface area (Å²) in [5, 5.41) is 0. The molecule has 0 bridgehead atoms. The molecule has 0 unspecified atom stereocenters. The molecule has 0 aromatic carbocycles. The number of piperazine rings is 1. The minimum absolute atomic E-state index is 0.857. The quantitative estimate of drug-likeness (QED) is 0.718. The van der Waals surface area contributed by atoms with E-state index in [-0.39, 0.29) is 0 Å². The van der Waals surface area contributed by atoms with Crippen molar-refractivity contribution in [3.63, 3.8) is 0 Å². The molecule has 5 nitrogen and oxygen atoms in total. The highest BCUT2D eigenvalue weighted by Gasteiger charge is 2.26. The lowest BCUT2D eigenvalue weighted by Crippen LogP contribution is -2.53. The van der Waals surface area contributed by atoms with Crippen molar-refractivity contribution in [2.75, 3.05) is 86.2 Å². The van der Waals surface area contributed by atoms with Gasteiger partial charge in [0, 0.05) is 58.4 Å². The average Bonchev–Trinajstić information content (AvgIpc) is 2.92. The molecule has 3 aliphatic heterocycles. The second-order valence-electron chi connectivity index (χ2n) is 7.25. The third-order valence-electron chi connectivity index (χ3n) is 5.58. The molecule has 3 fully saturated rings. The fourth-order valence-electron chi connectivity index (χ4n) is 3.97. The number of hydrogen-bond donors (Lipinski definition) is 0. The van der Waals surface area contributed by atoms with Gasteiger partial charge in [0.25, 0.3) is 0 Å². The second-order valence-corrected chi connectivity index (χ2v) is 7.25. The van der Waals surface area contributed by atoms with E-state index in [4.69, 9.17) is 0 Å². The van der Waals surface area contributed by atoms with Crippen molar-refractivity contribution in [2.24, 2.45) is 0 Å². The highest BCUT2D eigenvalue weighted by Crippen LogP contribution is 2.17. The zero-order chi connectivity index (χ0) is 14.7. The Morgan fingerprint density at radius 2 is 1.29 bits per heavy atom. The minimum Gasteiger partial charge on any atom is -0.306 e. The van der Waals surface area contributed by atoms with E-state index < -0.39 is 0 Å². The van der Waals surface area contributed by atoms with E-state index in [1.54, 1.807) is 0 Å². The van der Waals surface area contributed by atoms with Gasteiger partial charge in [-0.3, -0.25) is 19.6 Å². The van der Waals surface area contributed by atoms with E-state index in [1.165, 1.54) is 78.3 Å². The Hall–Kier alpha value is -0.200. The molecule has 122 valence electrons. The maximum Gasteiger partial charge on any atom is 0.0504 e. The topological polar surface area (TPSA) is 16.2 Å². The molecule has 21 heavy (non-hydrogen) atoms. The summed E-state index contributed by atoms with van der Waals surface area (Å²) in [6.45, 7) is 13.9. The number of likely N-dealkylation sites (N-methyl/N-ethyl adjacent to an activating group) is 1. The molecule has 0 aromatic heterocycles. The first-order valence-electron chi connectivity index (χ1n) is 8.76. The van der Waals surface area contributed by atoms with Crippen LogP contribution in [-0.2, 0) is 0 Å². The zero-order valence-corrected chi connectivity index (χ0v) is 14.0. The standard InChI is InChI=1S/C16H33N5/c1-17-5-3-16(4-6-17)21-13-11-19(12-14-21)9-10-20-8-7-18(2)15-20/h16H,3-15H2,1-2H3. The van der Waals surface area contributed by atoms with Crippen LogP contribution >= 0.6 is 0 Å². The van der Waals surface area contributed by atoms with E-state index in [0.29, 0.717) is 0 Å². The summed E-state index contributed by atoms with van der Waals surface area (Å²) in [6.07, 6.45) is 2.74. The van der Waals surface area contributed by atoms with Crippen molar-refractivity contribution in [3.8, 4) is 0 Å². The van der Waals surface area contributed by atoms with Gasteiger partial charge in [-0.05, 0) is 40.0 Å². The predicted molar refractivity (Wildman–Crippen MR) is 87.6 cm³/mol. The van der Waals surface area contributed by atoms with Crippen LogP contribution in [0.15, 0.2) is 0 Å². The molecule has 0 N–H and O–H groups in total. The Balaban J connectivity index is 1.33. The van der Waals surface area contributed by atoms with Crippen LogP contribution in [0.25, 0.3) is 0 Å². The van der Waals surface area contributed by atoms with E-state index in [2.05, 4.69) is 38.6 Å². The fourth-order valence-corrected chi connectivity index (χ4v) is 3.97. The summed E-state index contributed by atoms with van der Waals surface area (Å²) in [5.74, 6) is 0. The predicted octanol–water partition coefficient (Wildman–Crippen LogP) is -0.0969. The summed E-state index contributed by atoms with van der Waals surface area (Å²) in [6, 6.07) is 0.857. The Bertz CT molecular complexity index is 308. The Kier molecular flexibility index (Phi) is 5.51.